The number of thiophene rings is 1. The van der Waals surface area contributed by atoms with Crippen LogP contribution in [-0.4, -0.2) is 18.0 Å². The van der Waals surface area contributed by atoms with Gasteiger partial charge in [-0.3, -0.25) is 9.80 Å². The summed E-state index contributed by atoms with van der Waals surface area (Å²) in [7, 11) is 1.61. The van der Waals surface area contributed by atoms with E-state index in [0.29, 0.717) is 0 Å². The maximum absolute atomic E-state index is 11.7. The van der Waals surface area contributed by atoms with E-state index in [0.717, 1.165) is 17.7 Å². The number of nitrogens with two attached hydrogens (primary N) is 1. The van der Waals surface area contributed by atoms with Gasteiger partial charge in [-0.1, -0.05) is 6.07 Å². The predicted octanol–water partition coefficient (Wildman–Crippen LogP) is 1.11. The number of nitrogens with zero attached hydrogens (tertiary/aromatic N) is 1. The Hall–Kier alpha value is -0.870. The molecule has 1 aromatic rings. The van der Waals surface area contributed by atoms with Crippen LogP contribution in [0.15, 0.2) is 17.5 Å². The molecule has 2 N–H and O–H groups in total. The van der Waals surface area contributed by atoms with Crippen LogP contribution in [0.4, 0.5) is 0 Å². The SMILES string of the molecule is CN(N)C(=O)C1(c2cccs2)CC1. The van der Waals surface area contributed by atoms with Crippen LogP contribution in [0.5, 0.6) is 0 Å². The van der Waals surface area contributed by atoms with Gasteiger partial charge in [0.2, 0.25) is 5.91 Å². The molecule has 13 heavy (non-hydrogen) atoms. The Bertz CT molecular complexity index is 314. The second kappa shape index (κ2) is 2.82. The van der Waals surface area contributed by atoms with Gasteiger partial charge in [0.1, 0.15) is 0 Å². The smallest absolute Gasteiger partial charge is 0.247 e. The molecular formula is C9H12N2OS. The van der Waals surface area contributed by atoms with E-state index in [-0.39, 0.29) is 11.3 Å². The zero-order valence-electron chi connectivity index (χ0n) is 7.49. The molecular weight excluding hydrogens is 184 g/mol. The number of hydrogen-bond donors (Lipinski definition) is 1. The van der Waals surface area contributed by atoms with Gasteiger partial charge in [-0.25, -0.2) is 5.84 Å². The lowest BCUT2D eigenvalue weighted by molar-refractivity contribution is -0.132. The first-order valence-corrected chi connectivity index (χ1v) is 5.12. The van der Waals surface area contributed by atoms with E-state index in [1.807, 2.05) is 17.5 Å². The summed E-state index contributed by atoms with van der Waals surface area (Å²) in [5.41, 5.74) is -0.266. The molecule has 1 aliphatic rings. The molecule has 1 aliphatic carbocycles. The molecule has 1 amide bonds. The number of carbonyl (C=O) groups excluding carboxylic acids is 1. The molecule has 1 heterocycles. The first kappa shape index (κ1) is 8.72. The Morgan fingerprint density at radius 3 is 2.77 bits per heavy atom. The summed E-state index contributed by atoms with van der Waals surface area (Å²) in [5, 5.41) is 3.20. The summed E-state index contributed by atoms with van der Waals surface area (Å²) in [6.45, 7) is 0. The Morgan fingerprint density at radius 1 is 1.69 bits per heavy atom. The van der Waals surface area contributed by atoms with Crippen LogP contribution in [0.2, 0.25) is 0 Å². The second-order valence-corrected chi connectivity index (χ2v) is 4.42. The molecule has 3 nitrogen and oxygen atoms in total. The fraction of sp³-hybridized carbons (Fsp3) is 0.444. The molecule has 1 saturated carbocycles. The van der Waals surface area contributed by atoms with Crippen LogP contribution >= 0.6 is 11.3 Å². The molecule has 1 fully saturated rings. The molecule has 70 valence electrons. The Kier molecular flexibility index (Phi) is 1.89. The quantitative estimate of drug-likeness (QED) is 0.437. The van der Waals surface area contributed by atoms with Crippen molar-refractivity contribution in [1.29, 1.82) is 0 Å². The van der Waals surface area contributed by atoms with Crippen molar-refractivity contribution >= 4 is 17.2 Å². The van der Waals surface area contributed by atoms with Crippen molar-refractivity contribution in [2.45, 2.75) is 18.3 Å². The molecule has 1 aromatic heterocycles. The molecule has 0 aromatic carbocycles. The largest absolute Gasteiger partial charge is 0.283 e. The third-order valence-corrected chi connectivity index (χ3v) is 3.55. The minimum atomic E-state index is -0.266. The first-order valence-electron chi connectivity index (χ1n) is 4.24. The van der Waals surface area contributed by atoms with Gasteiger partial charge >= 0.3 is 0 Å². The summed E-state index contributed by atoms with van der Waals surface area (Å²) in [4.78, 5) is 12.9. The highest BCUT2D eigenvalue weighted by atomic mass is 32.1. The van der Waals surface area contributed by atoms with E-state index >= 15 is 0 Å². The molecule has 0 bridgehead atoms. The first-order chi connectivity index (χ1) is 6.17. The third kappa shape index (κ3) is 1.26. The fourth-order valence-electron chi connectivity index (χ4n) is 1.58. The van der Waals surface area contributed by atoms with Crippen LogP contribution < -0.4 is 5.84 Å². The minimum absolute atomic E-state index is 0.0370. The number of hydrazine groups is 1. The number of carbonyl (C=O) groups is 1. The van der Waals surface area contributed by atoms with Crippen LogP contribution in [0.25, 0.3) is 0 Å². The molecule has 0 aliphatic heterocycles. The molecule has 0 unspecified atom stereocenters. The minimum Gasteiger partial charge on any atom is -0.283 e. The van der Waals surface area contributed by atoms with Crippen molar-refractivity contribution in [3.05, 3.63) is 22.4 Å². The van der Waals surface area contributed by atoms with Gasteiger partial charge in [0.15, 0.2) is 0 Å². The summed E-state index contributed by atoms with van der Waals surface area (Å²) >= 11 is 1.64. The van der Waals surface area contributed by atoms with Gasteiger partial charge < -0.3 is 0 Å². The molecule has 2 rings (SSSR count). The maximum Gasteiger partial charge on any atom is 0.247 e. The van der Waals surface area contributed by atoms with Crippen molar-refractivity contribution in [3.8, 4) is 0 Å². The average Bonchev–Trinajstić information content (AvgIpc) is 2.72. The number of hydrogen-bond acceptors (Lipinski definition) is 3. The molecule has 0 spiro atoms. The van der Waals surface area contributed by atoms with E-state index in [9.17, 15) is 4.79 Å². The van der Waals surface area contributed by atoms with E-state index in [4.69, 9.17) is 5.84 Å². The lowest BCUT2D eigenvalue weighted by Crippen LogP contribution is -2.40. The zero-order chi connectivity index (χ0) is 9.47. The highest BCUT2D eigenvalue weighted by Gasteiger charge is 2.53. The summed E-state index contributed by atoms with van der Waals surface area (Å²) in [5.74, 6) is 5.49. The van der Waals surface area contributed by atoms with Crippen molar-refractivity contribution < 1.29 is 4.79 Å². The van der Waals surface area contributed by atoms with Crippen molar-refractivity contribution in [1.82, 2.24) is 5.01 Å². The lowest BCUT2D eigenvalue weighted by Gasteiger charge is -2.17. The van der Waals surface area contributed by atoms with E-state index < -0.39 is 0 Å². The summed E-state index contributed by atoms with van der Waals surface area (Å²) < 4.78 is 0. The standard InChI is InChI=1S/C9H12N2OS/c1-11(10)8(12)9(4-5-9)7-3-2-6-13-7/h2-3,6H,4-5,10H2,1H3. The van der Waals surface area contributed by atoms with Crippen LogP contribution in [0.1, 0.15) is 17.7 Å². The van der Waals surface area contributed by atoms with Gasteiger partial charge in [0, 0.05) is 11.9 Å². The van der Waals surface area contributed by atoms with Gasteiger partial charge in [-0.05, 0) is 24.3 Å². The fourth-order valence-corrected chi connectivity index (χ4v) is 2.56. The predicted molar refractivity (Wildman–Crippen MR) is 52.2 cm³/mol. The van der Waals surface area contributed by atoms with E-state index in [2.05, 4.69) is 0 Å². The zero-order valence-corrected chi connectivity index (χ0v) is 8.30. The van der Waals surface area contributed by atoms with Crippen molar-refractivity contribution in [3.63, 3.8) is 0 Å². The normalized spacial score (nSPS) is 18.3. The van der Waals surface area contributed by atoms with Gasteiger partial charge in [-0.2, -0.15) is 0 Å². The van der Waals surface area contributed by atoms with Crippen LogP contribution in [0, 0.1) is 0 Å². The lowest BCUT2D eigenvalue weighted by atomic mass is 10.0. The topological polar surface area (TPSA) is 46.3 Å². The number of amides is 1. The number of rotatable bonds is 2. The van der Waals surface area contributed by atoms with E-state index in [1.165, 1.54) is 5.01 Å². The summed E-state index contributed by atoms with van der Waals surface area (Å²) in [6.07, 6.45) is 1.88. The maximum atomic E-state index is 11.7. The van der Waals surface area contributed by atoms with Gasteiger partial charge in [0.05, 0.1) is 5.41 Å². The Balaban J connectivity index is 2.27. The average molecular weight is 196 g/mol. The van der Waals surface area contributed by atoms with Gasteiger partial charge in [-0.15, -0.1) is 11.3 Å². The monoisotopic (exact) mass is 196 g/mol. The highest BCUT2D eigenvalue weighted by Crippen LogP contribution is 2.50. The Morgan fingerprint density at radius 2 is 2.38 bits per heavy atom. The second-order valence-electron chi connectivity index (χ2n) is 3.48. The molecule has 0 atom stereocenters. The third-order valence-electron chi connectivity index (χ3n) is 2.47. The summed E-state index contributed by atoms with van der Waals surface area (Å²) in [6, 6.07) is 3.99. The van der Waals surface area contributed by atoms with Crippen molar-refractivity contribution in [2.75, 3.05) is 7.05 Å². The van der Waals surface area contributed by atoms with Crippen LogP contribution in [-0.2, 0) is 10.2 Å². The van der Waals surface area contributed by atoms with Crippen molar-refractivity contribution in [2.24, 2.45) is 5.84 Å². The van der Waals surface area contributed by atoms with Crippen LogP contribution in [0.3, 0.4) is 0 Å². The van der Waals surface area contributed by atoms with Gasteiger partial charge in [0.25, 0.3) is 0 Å². The highest BCUT2D eigenvalue weighted by molar-refractivity contribution is 7.10. The molecule has 0 radical (unpaired) electrons. The molecule has 0 saturated heterocycles. The Labute approximate surface area is 81.1 Å². The number of likely N-dealkylation sites (N-methyl/N-ethyl adjacent to an activating group) is 1. The molecule has 4 heteroatoms. The van der Waals surface area contributed by atoms with E-state index in [1.54, 1.807) is 18.4 Å².